The van der Waals surface area contributed by atoms with Crippen LogP contribution in [-0.4, -0.2) is 10.9 Å². The van der Waals surface area contributed by atoms with Crippen molar-refractivity contribution in [1.82, 2.24) is 10.3 Å². The van der Waals surface area contributed by atoms with Gasteiger partial charge < -0.3 is 5.32 Å². The zero-order valence-corrected chi connectivity index (χ0v) is 13.3. The molecular weight excluding hydrogens is 287 g/mol. The molecular formula is C16H19FN2OS. The first-order chi connectivity index (χ1) is 9.95. The standard InChI is InChI=1S/C16H19FN2OS/c1-10(16-11(2)21-12(3)19-16)18-15(20)9-6-13-4-7-14(17)8-5-13/h4-5,7-8,10H,6,9H2,1-3H3,(H,18,20)/t10-/m1/s1. The van der Waals surface area contributed by atoms with Crippen LogP contribution in [0.4, 0.5) is 4.39 Å². The van der Waals surface area contributed by atoms with E-state index in [0.29, 0.717) is 12.8 Å². The molecule has 0 spiro atoms. The van der Waals surface area contributed by atoms with E-state index in [-0.39, 0.29) is 17.8 Å². The van der Waals surface area contributed by atoms with Crippen LogP contribution in [0.2, 0.25) is 0 Å². The Balaban J connectivity index is 1.87. The van der Waals surface area contributed by atoms with E-state index in [1.165, 1.54) is 12.1 Å². The summed E-state index contributed by atoms with van der Waals surface area (Å²) in [6.45, 7) is 5.92. The van der Waals surface area contributed by atoms with Crippen LogP contribution in [0.3, 0.4) is 0 Å². The van der Waals surface area contributed by atoms with Crippen LogP contribution in [0.25, 0.3) is 0 Å². The van der Waals surface area contributed by atoms with Gasteiger partial charge in [-0.3, -0.25) is 4.79 Å². The highest BCUT2D eigenvalue weighted by Gasteiger charge is 2.15. The number of hydrogen-bond donors (Lipinski definition) is 1. The average Bonchev–Trinajstić information content (AvgIpc) is 2.77. The molecule has 0 bridgehead atoms. The van der Waals surface area contributed by atoms with Crippen LogP contribution in [0.5, 0.6) is 0 Å². The molecule has 0 aliphatic heterocycles. The molecule has 0 unspecified atom stereocenters. The lowest BCUT2D eigenvalue weighted by molar-refractivity contribution is -0.121. The van der Waals surface area contributed by atoms with Gasteiger partial charge in [0.05, 0.1) is 16.7 Å². The number of amides is 1. The molecule has 1 aromatic carbocycles. The Kier molecular flexibility index (Phi) is 5.07. The molecule has 1 aromatic heterocycles. The summed E-state index contributed by atoms with van der Waals surface area (Å²) in [4.78, 5) is 17.6. The lowest BCUT2D eigenvalue weighted by Crippen LogP contribution is -2.27. The van der Waals surface area contributed by atoms with Crippen LogP contribution in [-0.2, 0) is 11.2 Å². The van der Waals surface area contributed by atoms with Gasteiger partial charge in [0.25, 0.3) is 0 Å². The highest BCUT2D eigenvalue weighted by Crippen LogP contribution is 2.22. The van der Waals surface area contributed by atoms with Gasteiger partial charge in [-0.2, -0.15) is 0 Å². The first-order valence-corrected chi connectivity index (χ1v) is 7.75. The molecule has 0 fully saturated rings. The summed E-state index contributed by atoms with van der Waals surface area (Å²) in [6, 6.07) is 6.16. The second-order valence-electron chi connectivity index (χ2n) is 5.09. The van der Waals surface area contributed by atoms with Crippen LogP contribution < -0.4 is 5.32 Å². The van der Waals surface area contributed by atoms with Crippen molar-refractivity contribution < 1.29 is 9.18 Å². The summed E-state index contributed by atoms with van der Waals surface area (Å²) >= 11 is 1.64. The zero-order chi connectivity index (χ0) is 15.4. The van der Waals surface area contributed by atoms with Gasteiger partial charge in [-0.15, -0.1) is 11.3 Å². The molecule has 1 amide bonds. The molecule has 0 saturated heterocycles. The zero-order valence-electron chi connectivity index (χ0n) is 12.4. The summed E-state index contributed by atoms with van der Waals surface area (Å²) in [6.07, 6.45) is 0.992. The van der Waals surface area contributed by atoms with E-state index in [1.54, 1.807) is 23.5 Å². The number of halogens is 1. The van der Waals surface area contributed by atoms with Gasteiger partial charge in [-0.1, -0.05) is 12.1 Å². The molecule has 21 heavy (non-hydrogen) atoms. The van der Waals surface area contributed by atoms with Gasteiger partial charge in [-0.05, 0) is 44.9 Å². The topological polar surface area (TPSA) is 42.0 Å². The predicted octanol–water partition coefficient (Wildman–Crippen LogP) is 3.71. The number of rotatable bonds is 5. The van der Waals surface area contributed by atoms with E-state index in [2.05, 4.69) is 10.3 Å². The van der Waals surface area contributed by atoms with Crippen molar-refractivity contribution in [2.75, 3.05) is 0 Å². The van der Waals surface area contributed by atoms with Crippen molar-refractivity contribution in [3.05, 3.63) is 51.2 Å². The summed E-state index contributed by atoms with van der Waals surface area (Å²) in [5.41, 5.74) is 1.90. The van der Waals surface area contributed by atoms with Crippen molar-refractivity contribution in [2.24, 2.45) is 0 Å². The van der Waals surface area contributed by atoms with Crippen molar-refractivity contribution in [1.29, 1.82) is 0 Å². The van der Waals surface area contributed by atoms with Crippen LogP contribution in [0.1, 0.15) is 40.5 Å². The molecule has 0 aliphatic carbocycles. The highest BCUT2D eigenvalue weighted by molar-refractivity contribution is 7.11. The highest BCUT2D eigenvalue weighted by atomic mass is 32.1. The van der Waals surface area contributed by atoms with Crippen molar-refractivity contribution in [2.45, 2.75) is 39.7 Å². The first-order valence-electron chi connectivity index (χ1n) is 6.93. The van der Waals surface area contributed by atoms with Gasteiger partial charge in [0.15, 0.2) is 0 Å². The Morgan fingerprint density at radius 3 is 2.57 bits per heavy atom. The molecule has 0 radical (unpaired) electrons. The van der Waals surface area contributed by atoms with Crippen molar-refractivity contribution in [3.63, 3.8) is 0 Å². The van der Waals surface area contributed by atoms with Crippen LogP contribution in [0.15, 0.2) is 24.3 Å². The summed E-state index contributed by atoms with van der Waals surface area (Å²) in [7, 11) is 0. The summed E-state index contributed by atoms with van der Waals surface area (Å²) in [5, 5.41) is 3.97. The third-order valence-electron chi connectivity index (χ3n) is 3.28. The smallest absolute Gasteiger partial charge is 0.220 e. The fourth-order valence-electron chi connectivity index (χ4n) is 2.24. The second kappa shape index (κ2) is 6.80. The molecule has 112 valence electrons. The number of nitrogens with one attached hydrogen (secondary N) is 1. The third kappa shape index (κ3) is 4.36. The maximum absolute atomic E-state index is 12.8. The Labute approximate surface area is 128 Å². The average molecular weight is 306 g/mol. The maximum atomic E-state index is 12.8. The lowest BCUT2D eigenvalue weighted by atomic mass is 10.1. The van der Waals surface area contributed by atoms with Gasteiger partial charge in [-0.25, -0.2) is 9.37 Å². The summed E-state index contributed by atoms with van der Waals surface area (Å²) in [5.74, 6) is -0.275. The number of aromatic nitrogens is 1. The van der Waals surface area contributed by atoms with Crippen LogP contribution >= 0.6 is 11.3 Å². The van der Waals surface area contributed by atoms with Crippen LogP contribution in [0, 0.1) is 19.7 Å². The number of carbonyl (C=O) groups is 1. The van der Waals surface area contributed by atoms with E-state index >= 15 is 0 Å². The Morgan fingerprint density at radius 2 is 2.00 bits per heavy atom. The molecule has 1 atom stereocenters. The molecule has 3 nitrogen and oxygen atoms in total. The number of aryl methyl sites for hydroxylation is 3. The fraction of sp³-hybridized carbons (Fsp3) is 0.375. The van der Waals surface area contributed by atoms with E-state index in [0.717, 1.165) is 21.1 Å². The number of nitrogens with zero attached hydrogens (tertiary/aromatic N) is 1. The summed E-state index contributed by atoms with van der Waals surface area (Å²) < 4.78 is 12.8. The molecule has 2 rings (SSSR count). The minimum Gasteiger partial charge on any atom is -0.348 e. The number of carbonyl (C=O) groups excluding carboxylic acids is 1. The van der Waals surface area contributed by atoms with Gasteiger partial charge in [0.1, 0.15) is 5.82 Å². The minimum atomic E-state index is -0.258. The largest absolute Gasteiger partial charge is 0.348 e. The monoisotopic (exact) mass is 306 g/mol. The molecule has 5 heteroatoms. The normalized spacial score (nSPS) is 12.2. The fourth-order valence-corrected chi connectivity index (χ4v) is 3.15. The SMILES string of the molecule is Cc1nc([C@@H](C)NC(=O)CCc2ccc(F)cc2)c(C)s1. The Bertz CT molecular complexity index is 622. The molecule has 0 aliphatic rings. The van der Waals surface area contributed by atoms with Crippen molar-refractivity contribution >= 4 is 17.2 Å². The molecule has 1 heterocycles. The Hall–Kier alpha value is -1.75. The Morgan fingerprint density at radius 1 is 1.33 bits per heavy atom. The second-order valence-corrected chi connectivity index (χ2v) is 6.50. The minimum absolute atomic E-state index is 0.0168. The number of thiazole rings is 1. The van der Waals surface area contributed by atoms with Gasteiger partial charge >= 0.3 is 0 Å². The van der Waals surface area contributed by atoms with Gasteiger partial charge in [0, 0.05) is 11.3 Å². The molecule has 2 aromatic rings. The third-order valence-corrected chi connectivity index (χ3v) is 4.18. The first kappa shape index (κ1) is 15.6. The van der Waals surface area contributed by atoms with E-state index in [9.17, 15) is 9.18 Å². The molecule has 1 N–H and O–H groups in total. The predicted molar refractivity (Wildman–Crippen MR) is 82.9 cm³/mol. The molecule has 0 saturated carbocycles. The quantitative estimate of drug-likeness (QED) is 0.915. The van der Waals surface area contributed by atoms with E-state index in [1.807, 2.05) is 20.8 Å². The lowest BCUT2D eigenvalue weighted by Gasteiger charge is -2.12. The van der Waals surface area contributed by atoms with E-state index < -0.39 is 0 Å². The van der Waals surface area contributed by atoms with Gasteiger partial charge in [0.2, 0.25) is 5.91 Å². The maximum Gasteiger partial charge on any atom is 0.220 e. The van der Waals surface area contributed by atoms with E-state index in [4.69, 9.17) is 0 Å². The number of hydrogen-bond acceptors (Lipinski definition) is 3. The van der Waals surface area contributed by atoms with Crippen molar-refractivity contribution in [3.8, 4) is 0 Å². The number of benzene rings is 1.